The van der Waals surface area contributed by atoms with E-state index in [1.54, 1.807) is 0 Å². The largest absolute Gasteiger partial charge is 0.455 e. The van der Waals surface area contributed by atoms with E-state index in [-0.39, 0.29) is 0 Å². The molecular weight excluding hydrogens is 785 g/mol. The molecule has 0 aliphatic rings. The zero-order valence-corrected chi connectivity index (χ0v) is 35.5. The number of rotatable bonds is 6. The number of para-hydroxylation sites is 1. The SMILES string of the molecule is c1ccc(-c2cccc(-c3c4ccccc4c(-c4ccc5oc6c(-c7c8ccccc8c(-c8cccc(-c9ccccc9)c8)c8ccccc78)cccc6c5c4)c4ccccc34)c2)cc1. The van der Waals surface area contributed by atoms with Crippen LogP contribution in [0.5, 0.6) is 0 Å². The summed E-state index contributed by atoms with van der Waals surface area (Å²) in [6.07, 6.45) is 0. The first-order valence-electron chi connectivity index (χ1n) is 22.4. The Hall–Kier alpha value is -8.52. The average Bonchev–Trinajstić information content (AvgIpc) is 3.76. The summed E-state index contributed by atoms with van der Waals surface area (Å²) in [5, 5.41) is 12.0. The summed E-state index contributed by atoms with van der Waals surface area (Å²) in [7, 11) is 0. The first-order chi connectivity index (χ1) is 32.3. The van der Waals surface area contributed by atoms with Gasteiger partial charge < -0.3 is 4.42 Å². The van der Waals surface area contributed by atoms with Gasteiger partial charge in [0.15, 0.2) is 0 Å². The second kappa shape index (κ2) is 15.1. The van der Waals surface area contributed by atoms with Crippen LogP contribution in [0.4, 0.5) is 0 Å². The molecule has 0 N–H and O–H groups in total. The van der Waals surface area contributed by atoms with E-state index in [2.05, 4.69) is 243 Å². The Morgan fingerprint density at radius 1 is 0.200 bits per heavy atom. The minimum atomic E-state index is 0.877. The maximum absolute atomic E-state index is 7.01. The predicted octanol–water partition coefficient (Wildman–Crippen LogP) is 18.2. The van der Waals surface area contributed by atoms with E-state index in [1.807, 2.05) is 0 Å². The molecule has 65 heavy (non-hydrogen) atoms. The summed E-state index contributed by atoms with van der Waals surface area (Å²) in [6.45, 7) is 0. The van der Waals surface area contributed by atoms with Crippen LogP contribution in [-0.4, -0.2) is 0 Å². The molecule has 0 radical (unpaired) electrons. The van der Waals surface area contributed by atoms with E-state index >= 15 is 0 Å². The van der Waals surface area contributed by atoms with Crippen LogP contribution in [0.3, 0.4) is 0 Å². The van der Waals surface area contributed by atoms with Crippen molar-refractivity contribution in [3.63, 3.8) is 0 Å². The number of furan rings is 1. The maximum Gasteiger partial charge on any atom is 0.143 e. The predicted molar refractivity (Wildman–Crippen MR) is 276 cm³/mol. The van der Waals surface area contributed by atoms with Crippen molar-refractivity contribution < 1.29 is 4.42 Å². The quantitative estimate of drug-likeness (QED) is 0.152. The van der Waals surface area contributed by atoms with Gasteiger partial charge in [0.1, 0.15) is 11.2 Å². The van der Waals surface area contributed by atoms with Crippen LogP contribution < -0.4 is 0 Å². The number of hydrogen-bond acceptors (Lipinski definition) is 1. The Morgan fingerprint density at radius 2 is 0.538 bits per heavy atom. The lowest BCUT2D eigenvalue weighted by Crippen LogP contribution is -1.91. The molecule has 1 aromatic heterocycles. The maximum atomic E-state index is 7.01. The third-order valence-corrected chi connectivity index (χ3v) is 13.4. The van der Waals surface area contributed by atoms with Gasteiger partial charge in [-0.2, -0.15) is 0 Å². The van der Waals surface area contributed by atoms with Crippen molar-refractivity contribution in [2.45, 2.75) is 0 Å². The zero-order chi connectivity index (χ0) is 42.8. The third-order valence-electron chi connectivity index (χ3n) is 13.4. The fourth-order valence-electron chi connectivity index (χ4n) is 10.6. The van der Waals surface area contributed by atoms with Gasteiger partial charge in [0.25, 0.3) is 0 Å². The topological polar surface area (TPSA) is 13.1 Å². The molecule has 0 fully saturated rings. The van der Waals surface area contributed by atoms with Crippen molar-refractivity contribution in [3.05, 3.63) is 243 Å². The Labute approximate surface area is 377 Å². The van der Waals surface area contributed by atoms with Crippen molar-refractivity contribution in [2.75, 3.05) is 0 Å². The number of benzene rings is 12. The zero-order valence-electron chi connectivity index (χ0n) is 35.5. The Kier molecular flexibility index (Phi) is 8.60. The first-order valence-corrected chi connectivity index (χ1v) is 22.4. The number of hydrogen-bond donors (Lipinski definition) is 0. The van der Waals surface area contributed by atoms with Gasteiger partial charge in [-0.3, -0.25) is 0 Å². The second-order valence-corrected chi connectivity index (χ2v) is 17.1. The highest BCUT2D eigenvalue weighted by atomic mass is 16.3. The Bertz CT molecular complexity index is 3870. The van der Waals surface area contributed by atoms with Gasteiger partial charge in [0.05, 0.1) is 0 Å². The van der Waals surface area contributed by atoms with Crippen molar-refractivity contribution in [1.82, 2.24) is 0 Å². The fraction of sp³-hybridized carbons (Fsp3) is 0. The summed E-state index contributed by atoms with van der Waals surface area (Å²) in [5.41, 5.74) is 16.2. The standard InChI is InChI=1S/C64H40O/c1-3-18-41(19-4-1)43-22-15-24-45(38-43)60-48-26-7-9-28-50(48)62(51-29-10-8-27-49(51)60)47-36-37-59-58(40-47)56-34-17-35-57(64(56)65-59)63-54-32-13-11-30-52(54)61(53-31-12-14-33-55(53)63)46-25-16-23-44(39-46)42-20-5-2-6-21-42/h1-40H. The molecule has 0 saturated carbocycles. The average molecular weight is 825 g/mol. The molecule has 0 bridgehead atoms. The van der Waals surface area contributed by atoms with E-state index in [0.717, 1.165) is 27.5 Å². The smallest absolute Gasteiger partial charge is 0.143 e. The molecule has 0 aliphatic heterocycles. The third kappa shape index (κ3) is 6.01. The Morgan fingerprint density at radius 3 is 0.985 bits per heavy atom. The fourth-order valence-corrected chi connectivity index (χ4v) is 10.6. The molecular formula is C64H40O. The molecule has 1 heterocycles. The Balaban J connectivity index is 1.01. The lowest BCUT2D eigenvalue weighted by atomic mass is 9.84. The van der Waals surface area contributed by atoms with Gasteiger partial charge in [-0.15, -0.1) is 0 Å². The van der Waals surface area contributed by atoms with Gasteiger partial charge in [0, 0.05) is 21.9 Å². The molecule has 12 aromatic carbocycles. The van der Waals surface area contributed by atoms with Crippen molar-refractivity contribution in [2.24, 2.45) is 0 Å². The van der Waals surface area contributed by atoms with Crippen LogP contribution in [0.25, 0.3) is 132 Å². The molecule has 0 unspecified atom stereocenters. The minimum Gasteiger partial charge on any atom is -0.455 e. The molecule has 0 amide bonds. The van der Waals surface area contributed by atoms with Crippen molar-refractivity contribution in [1.29, 1.82) is 0 Å². The molecule has 1 heteroatoms. The van der Waals surface area contributed by atoms with Gasteiger partial charge in [-0.1, -0.05) is 218 Å². The summed E-state index contributed by atoms with van der Waals surface area (Å²) >= 11 is 0. The van der Waals surface area contributed by atoms with Crippen LogP contribution in [-0.2, 0) is 0 Å². The van der Waals surface area contributed by atoms with Crippen LogP contribution in [0.2, 0.25) is 0 Å². The van der Waals surface area contributed by atoms with E-state index in [0.29, 0.717) is 0 Å². The molecule has 0 spiro atoms. The summed E-state index contributed by atoms with van der Waals surface area (Å²) < 4.78 is 7.01. The van der Waals surface area contributed by atoms with Crippen molar-refractivity contribution in [3.8, 4) is 66.8 Å². The van der Waals surface area contributed by atoms with Crippen LogP contribution in [0, 0.1) is 0 Å². The molecule has 13 aromatic rings. The normalized spacial score (nSPS) is 11.7. The highest BCUT2D eigenvalue weighted by molar-refractivity contribution is 6.25. The summed E-state index contributed by atoms with van der Waals surface area (Å²) in [4.78, 5) is 0. The highest BCUT2D eigenvalue weighted by Crippen LogP contribution is 2.49. The lowest BCUT2D eigenvalue weighted by molar-refractivity contribution is 0.670. The highest BCUT2D eigenvalue weighted by Gasteiger charge is 2.22. The minimum absolute atomic E-state index is 0.877. The van der Waals surface area contributed by atoms with E-state index in [9.17, 15) is 0 Å². The van der Waals surface area contributed by atoms with Gasteiger partial charge in [-0.25, -0.2) is 0 Å². The second-order valence-electron chi connectivity index (χ2n) is 17.1. The van der Waals surface area contributed by atoms with Crippen molar-refractivity contribution >= 4 is 65.0 Å². The molecule has 0 atom stereocenters. The van der Waals surface area contributed by atoms with Gasteiger partial charge in [0.2, 0.25) is 0 Å². The molecule has 1 nitrogen and oxygen atoms in total. The molecule has 13 rings (SSSR count). The van der Waals surface area contributed by atoms with Crippen LogP contribution in [0.15, 0.2) is 247 Å². The first kappa shape index (κ1) is 37.1. The molecule has 0 saturated heterocycles. The molecule has 0 aliphatic carbocycles. The van der Waals surface area contributed by atoms with Crippen LogP contribution in [0.1, 0.15) is 0 Å². The van der Waals surface area contributed by atoms with Gasteiger partial charge in [-0.05, 0) is 123 Å². The summed E-state index contributed by atoms with van der Waals surface area (Å²) in [6, 6.07) is 88.3. The summed E-state index contributed by atoms with van der Waals surface area (Å²) in [5.74, 6) is 0. The van der Waals surface area contributed by atoms with E-state index in [1.165, 1.54) is 104 Å². The monoisotopic (exact) mass is 824 g/mol. The van der Waals surface area contributed by atoms with Crippen LogP contribution >= 0.6 is 0 Å². The lowest BCUT2D eigenvalue weighted by Gasteiger charge is -2.18. The van der Waals surface area contributed by atoms with E-state index in [4.69, 9.17) is 4.42 Å². The van der Waals surface area contributed by atoms with Gasteiger partial charge >= 0.3 is 0 Å². The molecule has 302 valence electrons. The number of fused-ring (bicyclic) bond motifs is 7. The van der Waals surface area contributed by atoms with E-state index < -0.39 is 0 Å².